The van der Waals surface area contributed by atoms with E-state index in [0.717, 1.165) is 18.7 Å². The minimum atomic E-state index is -0.633. The van der Waals surface area contributed by atoms with Gasteiger partial charge >= 0.3 is 5.97 Å². The van der Waals surface area contributed by atoms with Crippen LogP contribution in [-0.4, -0.2) is 44.2 Å². The predicted octanol–water partition coefficient (Wildman–Crippen LogP) is 4.81. The van der Waals surface area contributed by atoms with Gasteiger partial charge in [-0.2, -0.15) is 0 Å². The topological polar surface area (TPSA) is 76.7 Å². The molecule has 2 aromatic rings. The second kappa shape index (κ2) is 13.4. The number of hydrogen-bond donors (Lipinski definition) is 2. The second-order valence-corrected chi connectivity index (χ2v) is 8.92. The number of nitrogens with one attached hydrogen (secondary N) is 2. The normalized spacial score (nSPS) is 16.0. The minimum Gasteiger partial charge on any atom is -0.494 e. The van der Waals surface area contributed by atoms with Gasteiger partial charge < -0.3 is 20.1 Å². The lowest BCUT2D eigenvalue weighted by atomic mass is 10.0. The van der Waals surface area contributed by atoms with E-state index >= 15 is 0 Å². The van der Waals surface area contributed by atoms with Crippen molar-refractivity contribution in [1.29, 1.82) is 0 Å². The molecule has 1 aliphatic rings. The Bertz CT molecular complexity index is 930. The molecule has 1 atom stereocenters. The highest BCUT2D eigenvalue weighted by Crippen LogP contribution is 2.23. The maximum atomic E-state index is 12.0. The van der Waals surface area contributed by atoms with Gasteiger partial charge in [-0.25, -0.2) is 4.79 Å². The summed E-state index contributed by atoms with van der Waals surface area (Å²) in [6.45, 7) is 1.64. The molecule has 6 nitrogen and oxygen atoms in total. The van der Waals surface area contributed by atoms with Crippen LogP contribution in [0.1, 0.15) is 48.0 Å². The van der Waals surface area contributed by atoms with Crippen LogP contribution in [0.4, 0.5) is 0 Å². The van der Waals surface area contributed by atoms with E-state index in [4.69, 9.17) is 32.7 Å². The molecule has 1 unspecified atom stereocenters. The molecule has 0 spiro atoms. The van der Waals surface area contributed by atoms with Crippen molar-refractivity contribution in [3.63, 3.8) is 0 Å². The highest BCUT2D eigenvalue weighted by Gasteiger charge is 2.13. The van der Waals surface area contributed by atoms with E-state index in [9.17, 15) is 9.59 Å². The van der Waals surface area contributed by atoms with E-state index in [1.807, 2.05) is 12.1 Å². The summed E-state index contributed by atoms with van der Waals surface area (Å²) < 4.78 is 10.8. The number of carbonyl (C=O) groups excluding carboxylic acids is 2. The van der Waals surface area contributed by atoms with Crippen molar-refractivity contribution in [2.75, 3.05) is 26.3 Å². The van der Waals surface area contributed by atoms with E-state index in [0.29, 0.717) is 30.6 Å². The molecule has 33 heavy (non-hydrogen) atoms. The molecule has 3 rings (SSSR count). The molecule has 1 amide bonds. The minimum absolute atomic E-state index is 0.239. The molecule has 0 aromatic heterocycles. The Morgan fingerprint density at radius 1 is 1.06 bits per heavy atom. The molecule has 2 aromatic carbocycles. The number of ether oxygens (including phenoxy) is 2. The van der Waals surface area contributed by atoms with Crippen molar-refractivity contribution in [3.05, 3.63) is 63.6 Å². The van der Waals surface area contributed by atoms with Crippen molar-refractivity contribution in [2.45, 2.75) is 44.6 Å². The van der Waals surface area contributed by atoms with E-state index in [1.54, 1.807) is 0 Å². The maximum absolute atomic E-state index is 12.0. The van der Waals surface area contributed by atoms with E-state index < -0.39 is 5.97 Å². The number of hydrogen-bond acceptors (Lipinski definition) is 5. The number of benzene rings is 2. The van der Waals surface area contributed by atoms with Gasteiger partial charge in [0, 0.05) is 12.6 Å². The molecule has 0 aliphatic carbocycles. The second-order valence-electron chi connectivity index (χ2n) is 8.11. The number of carbonyl (C=O) groups is 2. The van der Waals surface area contributed by atoms with Crippen LogP contribution >= 0.6 is 23.2 Å². The van der Waals surface area contributed by atoms with Gasteiger partial charge in [-0.05, 0) is 68.1 Å². The number of amides is 1. The van der Waals surface area contributed by atoms with Gasteiger partial charge in [0.2, 0.25) is 0 Å². The van der Waals surface area contributed by atoms with Gasteiger partial charge in [0.05, 0.1) is 22.2 Å². The SMILES string of the molecule is O=C(COC(=O)c1ccc(Cl)c(Cl)c1)NCCCOc1cccc(CC2CCCCCN2)c1. The molecule has 178 valence electrons. The molecule has 1 heterocycles. The lowest BCUT2D eigenvalue weighted by Gasteiger charge is -2.16. The Kier molecular flexibility index (Phi) is 10.3. The zero-order chi connectivity index (χ0) is 23.5. The van der Waals surface area contributed by atoms with E-state index in [-0.39, 0.29) is 23.1 Å². The third kappa shape index (κ3) is 8.88. The summed E-state index contributed by atoms with van der Waals surface area (Å²) in [6.07, 6.45) is 6.72. The van der Waals surface area contributed by atoms with E-state index in [1.165, 1.54) is 49.4 Å². The van der Waals surface area contributed by atoms with Crippen LogP contribution in [0.3, 0.4) is 0 Å². The van der Waals surface area contributed by atoms with Crippen LogP contribution in [-0.2, 0) is 16.0 Å². The molecule has 1 aliphatic heterocycles. The van der Waals surface area contributed by atoms with Crippen LogP contribution in [0.15, 0.2) is 42.5 Å². The Hall–Kier alpha value is -2.28. The molecule has 2 N–H and O–H groups in total. The lowest BCUT2D eigenvalue weighted by molar-refractivity contribution is -0.124. The van der Waals surface area contributed by atoms with Gasteiger partial charge in [-0.3, -0.25) is 4.79 Å². The summed E-state index contributed by atoms with van der Waals surface area (Å²) in [5, 5.41) is 6.94. The van der Waals surface area contributed by atoms with E-state index in [2.05, 4.69) is 22.8 Å². The fourth-order valence-corrected chi connectivity index (χ4v) is 4.00. The highest BCUT2D eigenvalue weighted by molar-refractivity contribution is 6.42. The van der Waals surface area contributed by atoms with Crippen LogP contribution < -0.4 is 15.4 Å². The van der Waals surface area contributed by atoms with Crippen LogP contribution in [0, 0.1) is 0 Å². The Balaban J connectivity index is 1.31. The zero-order valence-corrected chi connectivity index (χ0v) is 20.1. The summed E-state index contributed by atoms with van der Waals surface area (Å²) in [7, 11) is 0. The van der Waals surface area contributed by atoms with Gasteiger partial charge in [0.25, 0.3) is 5.91 Å². The van der Waals surface area contributed by atoms with Crippen LogP contribution in [0.25, 0.3) is 0 Å². The predicted molar refractivity (Wildman–Crippen MR) is 130 cm³/mol. The van der Waals surface area contributed by atoms with Gasteiger partial charge in [-0.1, -0.05) is 48.2 Å². The number of rotatable bonds is 10. The number of esters is 1. The quantitative estimate of drug-likeness (QED) is 0.367. The Morgan fingerprint density at radius 2 is 1.94 bits per heavy atom. The first-order valence-electron chi connectivity index (χ1n) is 11.4. The Labute approximate surface area is 204 Å². The highest BCUT2D eigenvalue weighted by atomic mass is 35.5. The molecule has 0 saturated carbocycles. The van der Waals surface area contributed by atoms with Crippen LogP contribution in [0.2, 0.25) is 10.0 Å². The first-order valence-corrected chi connectivity index (χ1v) is 12.1. The molecule has 1 saturated heterocycles. The van der Waals surface area contributed by atoms with Crippen molar-refractivity contribution in [2.24, 2.45) is 0 Å². The molecule has 0 bridgehead atoms. The first kappa shape index (κ1) is 25.3. The zero-order valence-electron chi connectivity index (χ0n) is 18.6. The van der Waals surface area contributed by atoms with Crippen molar-refractivity contribution in [1.82, 2.24) is 10.6 Å². The number of halogens is 2. The molecule has 0 radical (unpaired) electrons. The maximum Gasteiger partial charge on any atom is 0.338 e. The average Bonchev–Trinajstić information content (AvgIpc) is 3.08. The standard InChI is InChI=1S/C25H30Cl2N2O4/c26-22-10-9-19(16-23(22)27)25(31)33-17-24(30)29-12-5-13-32-21-8-4-6-18(15-21)14-20-7-2-1-3-11-28-20/h4,6,8-10,15-16,20,28H,1-3,5,7,11-14,17H2,(H,29,30). The lowest BCUT2D eigenvalue weighted by Crippen LogP contribution is -2.30. The van der Waals surface area contributed by atoms with Gasteiger partial charge in [0.15, 0.2) is 6.61 Å². The summed E-state index contributed by atoms with van der Waals surface area (Å²) in [4.78, 5) is 23.9. The van der Waals surface area contributed by atoms with Crippen molar-refractivity contribution in [3.8, 4) is 5.75 Å². The first-order chi connectivity index (χ1) is 16.0. The van der Waals surface area contributed by atoms with Gasteiger partial charge in [0.1, 0.15) is 5.75 Å². The monoisotopic (exact) mass is 492 g/mol. The van der Waals surface area contributed by atoms with Crippen molar-refractivity contribution >= 4 is 35.1 Å². The molecule has 8 heteroatoms. The summed E-state index contributed by atoms with van der Waals surface area (Å²) >= 11 is 11.7. The Morgan fingerprint density at radius 3 is 2.79 bits per heavy atom. The third-order valence-corrected chi connectivity index (χ3v) is 6.18. The fraction of sp³-hybridized carbons (Fsp3) is 0.440. The summed E-state index contributed by atoms with van der Waals surface area (Å²) in [5.41, 5.74) is 1.51. The van der Waals surface area contributed by atoms with Gasteiger partial charge in [-0.15, -0.1) is 0 Å². The summed E-state index contributed by atoms with van der Waals surface area (Å²) in [6, 6.07) is 13.1. The average molecular weight is 493 g/mol. The molecule has 1 fully saturated rings. The smallest absolute Gasteiger partial charge is 0.338 e. The van der Waals surface area contributed by atoms with Crippen molar-refractivity contribution < 1.29 is 19.1 Å². The fourth-order valence-electron chi connectivity index (χ4n) is 3.70. The van der Waals surface area contributed by atoms with Crippen LogP contribution in [0.5, 0.6) is 5.75 Å². The third-order valence-electron chi connectivity index (χ3n) is 5.44. The molecular formula is C25H30Cl2N2O4. The summed E-state index contributed by atoms with van der Waals surface area (Å²) in [5.74, 6) is -0.171. The molecular weight excluding hydrogens is 463 g/mol. The largest absolute Gasteiger partial charge is 0.494 e.